The molecule has 2 aromatic rings. The summed E-state index contributed by atoms with van der Waals surface area (Å²) in [7, 11) is 0. The zero-order chi connectivity index (χ0) is 17.5. The molecular weight excluding hydrogens is 375 g/mol. The highest BCUT2D eigenvalue weighted by molar-refractivity contribution is 6.04. The van der Waals surface area contributed by atoms with Gasteiger partial charge in [0, 0.05) is 42.1 Å². The van der Waals surface area contributed by atoms with E-state index >= 15 is 0 Å². The monoisotopic (exact) mass is 398 g/mol. The van der Waals surface area contributed by atoms with Crippen LogP contribution in [0.15, 0.2) is 48.8 Å². The highest BCUT2D eigenvalue weighted by Crippen LogP contribution is 2.09. The van der Waals surface area contributed by atoms with Crippen LogP contribution in [0.5, 0.6) is 0 Å². The summed E-state index contributed by atoms with van der Waals surface area (Å²) in [6.07, 6.45) is 3.23. The number of nitrogens with two attached hydrogens (primary N) is 1. The number of carbonyl (C=O) groups is 2. The summed E-state index contributed by atoms with van der Waals surface area (Å²) in [5, 5.41) is 5.63. The first kappa shape index (κ1) is 23.9. The molecule has 0 saturated carbocycles. The Morgan fingerprint density at radius 1 is 1.04 bits per heavy atom. The molecule has 8 heteroatoms. The zero-order valence-corrected chi connectivity index (χ0v) is 16.3. The minimum atomic E-state index is -0.240. The predicted molar refractivity (Wildman–Crippen MR) is 108 cm³/mol. The van der Waals surface area contributed by atoms with Gasteiger partial charge in [0.05, 0.1) is 0 Å². The Bertz CT molecular complexity index is 694. The van der Waals surface area contributed by atoms with Gasteiger partial charge in [0.25, 0.3) is 5.91 Å². The number of anilines is 1. The van der Waals surface area contributed by atoms with Crippen LogP contribution in [0.25, 0.3) is 0 Å². The van der Waals surface area contributed by atoms with Gasteiger partial charge in [-0.2, -0.15) is 0 Å². The Morgan fingerprint density at radius 2 is 1.62 bits per heavy atom. The maximum Gasteiger partial charge on any atom is 0.255 e. The van der Waals surface area contributed by atoms with Crippen molar-refractivity contribution in [2.24, 2.45) is 11.7 Å². The first-order chi connectivity index (χ1) is 11.5. The molecule has 2 unspecified atom stereocenters. The number of nitrogens with one attached hydrogen (secondary N) is 2. The molecule has 2 atom stereocenters. The molecular formula is C18H24Cl2N4O2. The average Bonchev–Trinajstić information content (AvgIpc) is 2.60. The fraction of sp³-hybridized carbons (Fsp3) is 0.278. The number of carbonyl (C=O) groups excluding carboxylic acids is 2. The highest BCUT2D eigenvalue weighted by Gasteiger charge is 2.16. The lowest BCUT2D eigenvalue weighted by Gasteiger charge is -2.15. The maximum atomic E-state index is 12.1. The number of aromatic nitrogens is 1. The van der Waals surface area contributed by atoms with Gasteiger partial charge >= 0.3 is 0 Å². The number of benzene rings is 1. The van der Waals surface area contributed by atoms with Gasteiger partial charge in [-0.05, 0) is 36.8 Å². The molecule has 6 nitrogen and oxygen atoms in total. The molecule has 1 aromatic heterocycles. The number of amides is 2. The quantitative estimate of drug-likeness (QED) is 0.696. The molecule has 142 valence electrons. The topological polar surface area (TPSA) is 97.1 Å². The van der Waals surface area contributed by atoms with E-state index in [1.807, 2.05) is 12.1 Å². The van der Waals surface area contributed by atoms with Crippen molar-refractivity contribution < 1.29 is 9.59 Å². The Kier molecular flexibility index (Phi) is 10.5. The number of hydrogen-bond donors (Lipinski definition) is 3. The fourth-order valence-corrected chi connectivity index (χ4v) is 2.00. The van der Waals surface area contributed by atoms with Crippen molar-refractivity contribution >= 4 is 42.3 Å². The summed E-state index contributed by atoms with van der Waals surface area (Å²) in [6.45, 7) is 4.01. The maximum absolute atomic E-state index is 12.1. The van der Waals surface area contributed by atoms with Crippen LogP contribution in [0.4, 0.5) is 5.69 Å². The number of nitrogens with zero attached hydrogens (tertiary/aromatic N) is 1. The molecule has 0 radical (unpaired) electrons. The average molecular weight is 399 g/mol. The molecule has 1 heterocycles. The van der Waals surface area contributed by atoms with Crippen LogP contribution in [0, 0.1) is 5.92 Å². The van der Waals surface area contributed by atoms with Gasteiger partial charge in [-0.15, -0.1) is 24.8 Å². The number of rotatable bonds is 6. The van der Waals surface area contributed by atoms with Crippen molar-refractivity contribution in [3.63, 3.8) is 0 Å². The summed E-state index contributed by atoms with van der Waals surface area (Å²) >= 11 is 0. The van der Waals surface area contributed by atoms with Crippen LogP contribution in [0.1, 0.15) is 29.8 Å². The lowest BCUT2D eigenvalue weighted by molar-refractivity contribution is -0.125. The normalized spacial score (nSPS) is 12.0. The summed E-state index contributed by atoms with van der Waals surface area (Å²) < 4.78 is 0. The third-order valence-electron chi connectivity index (χ3n) is 3.82. The van der Waals surface area contributed by atoms with Gasteiger partial charge in [0.15, 0.2) is 0 Å². The van der Waals surface area contributed by atoms with Gasteiger partial charge in [-0.25, -0.2) is 0 Å². The molecule has 0 bridgehead atoms. The smallest absolute Gasteiger partial charge is 0.255 e. The number of halogens is 2. The summed E-state index contributed by atoms with van der Waals surface area (Å²) in [6, 6.07) is 10.4. The molecule has 1 aromatic carbocycles. The Balaban J connectivity index is 0.00000312. The summed E-state index contributed by atoms with van der Waals surface area (Å²) in [5.41, 5.74) is 7.87. The van der Waals surface area contributed by atoms with Gasteiger partial charge in [0.2, 0.25) is 5.91 Å². The molecule has 26 heavy (non-hydrogen) atoms. The van der Waals surface area contributed by atoms with E-state index in [1.54, 1.807) is 50.5 Å². The molecule has 0 aliphatic carbocycles. The van der Waals surface area contributed by atoms with Crippen molar-refractivity contribution in [2.75, 3.05) is 5.32 Å². The lowest BCUT2D eigenvalue weighted by atomic mass is 10.0. The first-order valence-electron chi connectivity index (χ1n) is 7.81. The number of pyridine rings is 1. The molecule has 2 amide bonds. The third-order valence-corrected chi connectivity index (χ3v) is 3.82. The minimum absolute atomic E-state index is 0. The first-order valence-corrected chi connectivity index (χ1v) is 7.81. The summed E-state index contributed by atoms with van der Waals surface area (Å²) in [5.74, 6) is -0.512. The molecule has 0 fully saturated rings. The Hall–Kier alpha value is -2.15. The Labute approximate surface area is 165 Å². The van der Waals surface area contributed by atoms with Crippen molar-refractivity contribution in [2.45, 2.75) is 26.4 Å². The van der Waals surface area contributed by atoms with E-state index in [4.69, 9.17) is 5.73 Å². The van der Waals surface area contributed by atoms with E-state index in [2.05, 4.69) is 15.6 Å². The largest absolute Gasteiger partial charge is 0.352 e. The molecule has 4 N–H and O–H groups in total. The molecule has 0 aliphatic heterocycles. The van der Waals surface area contributed by atoms with Crippen LogP contribution in [-0.4, -0.2) is 22.8 Å². The standard InChI is InChI=1S/C18H22N4O2.2ClH/c1-12(13(2)19)17(23)21-11-14-3-5-15(6-4-14)18(24)22-16-7-9-20-10-8-16;;/h3-10,12-13H,11,19H2,1-2H3,(H,21,23)(H,20,22,24);2*1H. The van der Waals surface area contributed by atoms with Gasteiger partial charge in [-0.1, -0.05) is 19.1 Å². The van der Waals surface area contributed by atoms with Crippen LogP contribution < -0.4 is 16.4 Å². The lowest BCUT2D eigenvalue weighted by Crippen LogP contribution is -2.38. The van der Waals surface area contributed by atoms with E-state index in [9.17, 15) is 9.59 Å². The zero-order valence-electron chi connectivity index (χ0n) is 14.6. The number of hydrogen-bond acceptors (Lipinski definition) is 4. The van der Waals surface area contributed by atoms with Crippen molar-refractivity contribution in [1.82, 2.24) is 10.3 Å². The minimum Gasteiger partial charge on any atom is -0.352 e. The van der Waals surface area contributed by atoms with Crippen molar-refractivity contribution in [3.05, 3.63) is 59.9 Å². The van der Waals surface area contributed by atoms with E-state index in [-0.39, 0.29) is 48.6 Å². The van der Waals surface area contributed by atoms with Crippen molar-refractivity contribution in [1.29, 1.82) is 0 Å². The molecule has 0 spiro atoms. The van der Waals surface area contributed by atoms with E-state index in [1.165, 1.54) is 0 Å². The summed E-state index contributed by atoms with van der Waals surface area (Å²) in [4.78, 5) is 27.9. The van der Waals surface area contributed by atoms with Crippen LogP contribution >= 0.6 is 24.8 Å². The van der Waals surface area contributed by atoms with E-state index in [0.29, 0.717) is 17.8 Å². The predicted octanol–water partition coefficient (Wildman–Crippen LogP) is 2.78. The highest BCUT2D eigenvalue weighted by atomic mass is 35.5. The van der Waals surface area contributed by atoms with E-state index in [0.717, 1.165) is 5.56 Å². The molecule has 0 saturated heterocycles. The SMILES string of the molecule is CC(N)C(C)C(=O)NCc1ccc(C(=O)Nc2ccncc2)cc1.Cl.Cl. The van der Waals surface area contributed by atoms with Gasteiger partial charge in [0.1, 0.15) is 0 Å². The molecule has 2 rings (SSSR count). The Morgan fingerprint density at radius 3 is 2.15 bits per heavy atom. The van der Waals surface area contributed by atoms with Crippen LogP contribution in [0.3, 0.4) is 0 Å². The fourth-order valence-electron chi connectivity index (χ4n) is 2.00. The van der Waals surface area contributed by atoms with Crippen LogP contribution in [-0.2, 0) is 11.3 Å². The van der Waals surface area contributed by atoms with Crippen LogP contribution in [0.2, 0.25) is 0 Å². The van der Waals surface area contributed by atoms with E-state index < -0.39 is 0 Å². The van der Waals surface area contributed by atoms with Crippen molar-refractivity contribution in [3.8, 4) is 0 Å². The van der Waals surface area contributed by atoms with Gasteiger partial charge in [-0.3, -0.25) is 14.6 Å². The second-order valence-corrected chi connectivity index (χ2v) is 5.75. The van der Waals surface area contributed by atoms with Gasteiger partial charge < -0.3 is 16.4 Å². The second-order valence-electron chi connectivity index (χ2n) is 5.75. The second kappa shape index (κ2) is 11.5. The third kappa shape index (κ3) is 7.00. The molecule has 0 aliphatic rings.